The second kappa shape index (κ2) is 3.27. The van der Waals surface area contributed by atoms with Gasteiger partial charge in [-0.05, 0) is 57.9 Å². The normalized spacial score (nSPS) is 38.5. The van der Waals surface area contributed by atoms with Crippen molar-refractivity contribution in [2.24, 2.45) is 17.8 Å². The molecule has 3 unspecified atom stereocenters. The summed E-state index contributed by atoms with van der Waals surface area (Å²) in [5.41, 5.74) is 0.307. The summed E-state index contributed by atoms with van der Waals surface area (Å²) in [6.07, 6.45) is 6.02. The number of hydrogen-bond acceptors (Lipinski definition) is 1. The summed E-state index contributed by atoms with van der Waals surface area (Å²) in [5, 5.41) is 3.65. The highest BCUT2D eigenvalue weighted by molar-refractivity contribution is 4.95. The molecule has 0 bridgehead atoms. The first kappa shape index (κ1) is 9.51. The van der Waals surface area contributed by atoms with Crippen molar-refractivity contribution in [3.05, 3.63) is 0 Å². The van der Waals surface area contributed by atoms with Crippen molar-refractivity contribution >= 4 is 0 Å². The van der Waals surface area contributed by atoms with E-state index >= 15 is 0 Å². The molecule has 0 spiro atoms. The molecule has 0 aromatic rings. The molecule has 2 rings (SSSR count). The topological polar surface area (TPSA) is 12.0 Å². The van der Waals surface area contributed by atoms with Crippen molar-refractivity contribution in [2.45, 2.75) is 52.0 Å². The third kappa shape index (κ3) is 2.46. The number of fused-ring (bicyclic) bond motifs is 1. The lowest BCUT2D eigenvalue weighted by Gasteiger charge is -2.27. The fourth-order valence-corrected chi connectivity index (χ4v) is 2.73. The Labute approximate surface area is 82.3 Å². The fourth-order valence-electron chi connectivity index (χ4n) is 2.73. The lowest BCUT2D eigenvalue weighted by atomic mass is 9.88. The van der Waals surface area contributed by atoms with Gasteiger partial charge in [0.25, 0.3) is 0 Å². The van der Waals surface area contributed by atoms with Gasteiger partial charge in [-0.1, -0.05) is 12.8 Å². The summed E-state index contributed by atoms with van der Waals surface area (Å²) in [4.78, 5) is 0. The highest BCUT2D eigenvalue weighted by atomic mass is 14.9. The van der Waals surface area contributed by atoms with Crippen LogP contribution in [-0.2, 0) is 0 Å². The van der Waals surface area contributed by atoms with E-state index in [1.165, 1.54) is 32.2 Å². The minimum Gasteiger partial charge on any atom is -0.312 e. The zero-order valence-corrected chi connectivity index (χ0v) is 9.27. The Morgan fingerprint density at radius 3 is 2.69 bits per heavy atom. The summed E-state index contributed by atoms with van der Waals surface area (Å²) in [5.74, 6) is 3.22. The summed E-state index contributed by atoms with van der Waals surface area (Å²) in [6, 6.07) is 0. The van der Waals surface area contributed by atoms with Gasteiger partial charge in [0.2, 0.25) is 0 Å². The zero-order valence-electron chi connectivity index (χ0n) is 9.27. The first-order valence-electron chi connectivity index (χ1n) is 5.81. The van der Waals surface area contributed by atoms with Crippen molar-refractivity contribution in [2.75, 3.05) is 6.54 Å². The van der Waals surface area contributed by atoms with Crippen LogP contribution >= 0.6 is 0 Å². The highest BCUT2D eigenvalue weighted by Gasteiger charge is 2.44. The summed E-state index contributed by atoms with van der Waals surface area (Å²) in [7, 11) is 0. The highest BCUT2D eigenvalue weighted by Crippen LogP contribution is 2.52. The Bertz CT molecular complexity index is 180. The van der Waals surface area contributed by atoms with E-state index in [4.69, 9.17) is 0 Å². The molecule has 76 valence electrons. The van der Waals surface area contributed by atoms with Gasteiger partial charge in [0.05, 0.1) is 0 Å². The maximum absolute atomic E-state index is 3.65. The molecule has 1 heteroatoms. The minimum absolute atomic E-state index is 0.307. The maximum Gasteiger partial charge on any atom is 0.00966 e. The van der Waals surface area contributed by atoms with Crippen LogP contribution in [0.3, 0.4) is 0 Å². The molecule has 0 aliphatic heterocycles. The van der Waals surface area contributed by atoms with Crippen molar-refractivity contribution in [1.29, 1.82) is 0 Å². The van der Waals surface area contributed by atoms with Crippen LogP contribution < -0.4 is 5.32 Å². The predicted molar refractivity (Wildman–Crippen MR) is 56.7 cm³/mol. The van der Waals surface area contributed by atoms with Gasteiger partial charge in [0, 0.05) is 5.54 Å². The summed E-state index contributed by atoms with van der Waals surface area (Å²) >= 11 is 0. The molecule has 1 nitrogen and oxygen atoms in total. The van der Waals surface area contributed by atoms with Crippen LogP contribution in [0.15, 0.2) is 0 Å². The van der Waals surface area contributed by atoms with Gasteiger partial charge < -0.3 is 5.32 Å². The molecule has 13 heavy (non-hydrogen) atoms. The number of nitrogens with one attached hydrogen (secondary N) is 1. The van der Waals surface area contributed by atoms with Crippen LogP contribution in [0.5, 0.6) is 0 Å². The van der Waals surface area contributed by atoms with Crippen molar-refractivity contribution < 1.29 is 0 Å². The fraction of sp³-hybridized carbons (Fsp3) is 1.00. The molecule has 0 aromatic carbocycles. The minimum atomic E-state index is 0.307. The van der Waals surface area contributed by atoms with E-state index in [-0.39, 0.29) is 0 Å². The first-order valence-corrected chi connectivity index (χ1v) is 5.81. The molecular weight excluding hydrogens is 158 g/mol. The smallest absolute Gasteiger partial charge is 0.00966 e. The second-order valence-electron chi connectivity index (χ2n) is 5.98. The Kier molecular flexibility index (Phi) is 2.39. The van der Waals surface area contributed by atoms with Gasteiger partial charge in [0.15, 0.2) is 0 Å². The van der Waals surface area contributed by atoms with Crippen molar-refractivity contribution in [1.82, 2.24) is 5.32 Å². The molecule has 2 fully saturated rings. The Morgan fingerprint density at radius 2 is 2.00 bits per heavy atom. The standard InChI is InChI=1S/C12H23N/c1-12(2,3)13-8-10-6-4-5-9-7-11(9)10/h9-11,13H,4-8H2,1-3H3. The van der Waals surface area contributed by atoms with E-state index < -0.39 is 0 Å². The average molecular weight is 181 g/mol. The van der Waals surface area contributed by atoms with Gasteiger partial charge in [-0.25, -0.2) is 0 Å². The molecule has 0 amide bonds. The van der Waals surface area contributed by atoms with E-state index in [0.717, 1.165) is 17.8 Å². The van der Waals surface area contributed by atoms with Crippen molar-refractivity contribution in [3.63, 3.8) is 0 Å². The van der Waals surface area contributed by atoms with Gasteiger partial charge in [-0.2, -0.15) is 0 Å². The summed E-state index contributed by atoms with van der Waals surface area (Å²) < 4.78 is 0. The third-order valence-corrected chi connectivity index (χ3v) is 3.63. The predicted octanol–water partition coefficient (Wildman–Crippen LogP) is 2.81. The van der Waals surface area contributed by atoms with Crippen LogP contribution in [0.1, 0.15) is 46.5 Å². The van der Waals surface area contributed by atoms with Crippen LogP contribution in [-0.4, -0.2) is 12.1 Å². The van der Waals surface area contributed by atoms with E-state index in [0.29, 0.717) is 5.54 Å². The lowest BCUT2D eigenvalue weighted by Crippen LogP contribution is -2.40. The van der Waals surface area contributed by atoms with Gasteiger partial charge in [0.1, 0.15) is 0 Å². The Morgan fingerprint density at radius 1 is 1.23 bits per heavy atom. The van der Waals surface area contributed by atoms with Crippen LogP contribution in [0.25, 0.3) is 0 Å². The molecule has 0 aromatic heterocycles. The number of hydrogen-bond donors (Lipinski definition) is 1. The molecule has 0 radical (unpaired) electrons. The first-order chi connectivity index (χ1) is 6.06. The maximum atomic E-state index is 3.65. The SMILES string of the molecule is CC(C)(C)NCC1CCCC2CC12. The summed E-state index contributed by atoms with van der Waals surface area (Å²) in [6.45, 7) is 8.05. The Balaban J connectivity index is 1.75. The monoisotopic (exact) mass is 181 g/mol. The Hall–Kier alpha value is -0.0400. The molecule has 2 saturated carbocycles. The molecule has 2 aliphatic carbocycles. The van der Waals surface area contributed by atoms with E-state index in [1.54, 1.807) is 0 Å². The quantitative estimate of drug-likeness (QED) is 0.690. The van der Waals surface area contributed by atoms with Crippen LogP contribution in [0.2, 0.25) is 0 Å². The van der Waals surface area contributed by atoms with Crippen LogP contribution in [0, 0.1) is 17.8 Å². The van der Waals surface area contributed by atoms with Gasteiger partial charge in [-0.3, -0.25) is 0 Å². The third-order valence-electron chi connectivity index (χ3n) is 3.63. The molecule has 1 N–H and O–H groups in total. The molecule has 0 saturated heterocycles. The molecular formula is C12H23N. The largest absolute Gasteiger partial charge is 0.312 e. The number of rotatable bonds is 2. The molecule has 3 atom stereocenters. The van der Waals surface area contributed by atoms with E-state index in [9.17, 15) is 0 Å². The second-order valence-corrected chi connectivity index (χ2v) is 5.98. The average Bonchev–Trinajstić information content (AvgIpc) is 2.77. The molecule has 2 aliphatic rings. The van der Waals surface area contributed by atoms with Gasteiger partial charge in [-0.15, -0.1) is 0 Å². The molecule has 0 heterocycles. The van der Waals surface area contributed by atoms with Crippen LogP contribution in [0.4, 0.5) is 0 Å². The van der Waals surface area contributed by atoms with Crippen molar-refractivity contribution in [3.8, 4) is 0 Å². The van der Waals surface area contributed by atoms with E-state index in [2.05, 4.69) is 26.1 Å². The lowest BCUT2D eigenvalue weighted by molar-refractivity contribution is 0.288. The van der Waals surface area contributed by atoms with E-state index in [1.807, 2.05) is 0 Å². The van der Waals surface area contributed by atoms with Gasteiger partial charge >= 0.3 is 0 Å². The zero-order chi connectivity index (χ0) is 9.47.